The van der Waals surface area contributed by atoms with Gasteiger partial charge in [0.05, 0.1) is 42.3 Å². The van der Waals surface area contributed by atoms with Gasteiger partial charge in [0.15, 0.2) is 23.6 Å². The first kappa shape index (κ1) is 46.6. The summed E-state index contributed by atoms with van der Waals surface area (Å²) in [6.45, 7) is 13.0. The van der Waals surface area contributed by atoms with Crippen molar-refractivity contribution in [1.82, 2.24) is 5.32 Å². The van der Waals surface area contributed by atoms with Gasteiger partial charge in [0, 0.05) is 25.2 Å². The lowest BCUT2D eigenvalue weighted by atomic mass is 9.44. The van der Waals surface area contributed by atoms with Gasteiger partial charge >= 0.3 is 30.2 Å². The second-order valence-electron chi connectivity index (χ2n) is 18.0. The third-order valence-electron chi connectivity index (χ3n) is 12.8. The summed E-state index contributed by atoms with van der Waals surface area (Å²) in [5.41, 5.74) is -8.55. The van der Waals surface area contributed by atoms with Crippen LogP contribution in [0.5, 0.6) is 0 Å². The molecule has 1 aromatic heterocycles. The molecule has 0 spiro atoms. The average molecular weight is 886 g/mol. The summed E-state index contributed by atoms with van der Waals surface area (Å²) < 4.78 is 40.7. The van der Waals surface area contributed by atoms with Crippen LogP contribution in [-0.2, 0) is 47.5 Å². The van der Waals surface area contributed by atoms with E-state index in [2.05, 4.69) is 5.32 Å². The number of alkyl carbamates (subject to hydrolysis) is 1. The summed E-state index contributed by atoms with van der Waals surface area (Å²) in [7, 11) is 0. The molecule has 2 saturated carbocycles. The zero-order valence-electron chi connectivity index (χ0n) is 36.1. The number of carbonyl (C=O) groups excluding carboxylic acids is 6. The summed E-state index contributed by atoms with van der Waals surface area (Å²) >= 11 is 1.24. The molecule has 3 aliphatic carbocycles. The highest BCUT2D eigenvalue weighted by molar-refractivity contribution is 7.08. The minimum atomic E-state index is -2.43. The van der Waals surface area contributed by atoms with E-state index in [1.807, 2.05) is 0 Å². The molecule has 11 atom stereocenters. The maximum absolute atomic E-state index is 15.6. The Morgan fingerprint density at radius 1 is 1.03 bits per heavy atom. The first-order valence-corrected chi connectivity index (χ1v) is 21.3. The molecule has 2 bridgehead atoms. The van der Waals surface area contributed by atoms with Gasteiger partial charge in [-0.3, -0.25) is 9.59 Å². The third-order valence-corrected chi connectivity index (χ3v) is 13.5. The number of carbonyl (C=O) groups is 6. The molecule has 2 unspecified atom stereocenters. The highest BCUT2D eigenvalue weighted by Gasteiger charge is 2.78. The summed E-state index contributed by atoms with van der Waals surface area (Å²) in [5, 5.41) is 43.2. The van der Waals surface area contributed by atoms with E-state index in [0.29, 0.717) is 5.56 Å². The van der Waals surface area contributed by atoms with E-state index in [1.165, 1.54) is 58.1 Å². The Morgan fingerprint density at radius 2 is 1.71 bits per heavy atom. The normalized spacial score (nSPS) is 32.2. The van der Waals surface area contributed by atoms with Crippen molar-refractivity contribution in [2.45, 2.75) is 135 Å². The molecular formula is C44H55NO16S. The van der Waals surface area contributed by atoms with E-state index < -0.39 is 119 Å². The van der Waals surface area contributed by atoms with Gasteiger partial charge in [-0.1, -0.05) is 32.0 Å². The van der Waals surface area contributed by atoms with Crippen LogP contribution in [0.25, 0.3) is 0 Å². The van der Waals surface area contributed by atoms with Gasteiger partial charge in [0.1, 0.15) is 29.5 Å². The Labute approximate surface area is 363 Å². The predicted octanol–water partition coefficient (Wildman–Crippen LogP) is 4.50. The van der Waals surface area contributed by atoms with Crippen molar-refractivity contribution in [2.24, 2.45) is 16.7 Å². The van der Waals surface area contributed by atoms with Crippen LogP contribution in [0.2, 0.25) is 0 Å². The highest BCUT2D eigenvalue weighted by Crippen LogP contribution is 2.64. The lowest BCUT2D eigenvalue weighted by Gasteiger charge is -2.67. The molecule has 3 fully saturated rings. The van der Waals surface area contributed by atoms with Crippen molar-refractivity contribution in [3.8, 4) is 0 Å². The topological polar surface area (TPSA) is 240 Å². The first-order chi connectivity index (χ1) is 28.9. The fourth-order valence-electron chi connectivity index (χ4n) is 9.68. The van der Waals surface area contributed by atoms with Crippen LogP contribution in [0.3, 0.4) is 0 Å². The molecule has 62 heavy (non-hydrogen) atoms. The molecule has 17 nitrogen and oxygen atoms in total. The lowest BCUT2D eigenvalue weighted by Crippen LogP contribution is -2.82. The van der Waals surface area contributed by atoms with E-state index in [0.717, 1.165) is 6.92 Å². The van der Waals surface area contributed by atoms with Crippen LogP contribution in [0.1, 0.15) is 97.1 Å². The summed E-state index contributed by atoms with van der Waals surface area (Å²) in [6, 6.07) is 8.00. The van der Waals surface area contributed by atoms with Gasteiger partial charge in [-0.25, -0.2) is 19.2 Å². The van der Waals surface area contributed by atoms with E-state index in [4.69, 9.17) is 33.2 Å². The van der Waals surface area contributed by atoms with Crippen molar-refractivity contribution >= 4 is 47.3 Å². The zero-order chi connectivity index (χ0) is 45.7. The van der Waals surface area contributed by atoms with Gasteiger partial charge in [-0.05, 0) is 87.2 Å². The fraction of sp³-hybridized carbons (Fsp3) is 0.591. The zero-order valence-corrected chi connectivity index (χ0v) is 36.9. The maximum atomic E-state index is 15.6. The number of hydrogen-bond donors (Lipinski definition) is 4. The van der Waals surface area contributed by atoms with Crippen LogP contribution in [0.4, 0.5) is 9.59 Å². The number of amides is 1. The molecule has 1 amide bonds. The number of esters is 3. The molecule has 338 valence electrons. The van der Waals surface area contributed by atoms with Crippen molar-refractivity contribution in [3.63, 3.8) is 0 Å². The molecule has 0 radical (unpaired) electrons. The van der Waals surface area contributed by atoms with Gasteiger partial charge in [-0.15, -0.1) is 0 Å². The molecule has 1 aliphatic heterocycles. The standard InChI is InChI=1S/C44H55NO16S/c1-10-55-39(53)58-32-29-22(2)26(57-37(51)31(48)30(25-16-17-62-20-25)45-38(52)61-40(4,5)6)19-44(54,41(29,7)8)35(59-36(50)24-14-12-11-13-15-24)33-42(9,34(32)49)27(47)18-28-43(33,21-56-28)60-23(3)46/h11-17,20,26-28,30-33,35,47-48,54H,10,18-19,21H2,1-9H3,(H,45,52)/t26-,27-,28+,30-,31+,32+,33?,35?,42+,43-,44+/m0/s1. The molecule has 18 heteroatoms. The molecule has 4 aliphatic rings. The molecular weight excluding hydrogens is 831 g/mol. The Morgan fingerprint density at radius 3 is 2.27 bits per heavy atom. The molecule has 6 rings (SSSR count). The molecule has 4 N–H and O–H groups in total. The van der Waals surface area contributed by atoms with Crippen LogP contribution in [0.15, 0.2) is 58.3 Å². The van der Waals surface area contributed by atoms with Gasteiger partial charge in [0.2, 0.25) is 0 Å². The molecule has 1 saturated heterocycles. The predicted molar refractivity (Wildman–Crippen MR) is 217 cm³/mol. The second kappa shape index (κ2) is 17.0. The number of benzene rings is 1. The van der Waals surface area contributed by atoms with Crippen molar-refractivity contribution in [1.29, 1.82) is 0 Å². The van der Waals surface area contributed by atoms with Crippen LogP contribution in [0, 0.1) is 16.7 Å². The Hall–Kier alpha value is -4.88. The van der Waals surface area contributed by atoms with Crippen LogP contribution in [-0.4, -0.2) is 118 Å². The minimum Gasteiger partial charge on any atom is -0.456 e. The van der Waals surface area contributed by atoms with E-state index in [-0.39, 0.29) is 36.3 Å². The third kappa shape index (κ3) is 8.11. The number of fused-ring (bicyclic) bond motifs is 5. The number of hydrogen-bond acceptors (Lipinski definition) is 17. The maximum Gasteiger partial charge on any atom is 0.509 e. The SMILES string of the molecule is CCOC(=O)O[C@H]1C(=O)[C@@]2(C)C(C(OC(=O)c3ccccc3)[C@]3(O)C[C@H](OC(=O)[C@H](O)[C@@H](NC(=O)OC(C)(C)C)c4ccsc4)C(C)=C1C3(C)C)[C@]1(OC(C)=O)CO[C@@H]1C[C@@H]2O. The van der Waals surface area contributed by atoms with Crippen LogP contribution < -0.4 is 5.32 Å². The summed E-state index contributed by atoms with van der Waals surface area (Å²) in [4.78, 5) is 83.4. The van der Waals surface area contributed by atoms with Gasteiger partial charge in [0.25, 0.3) is 0 Å². The number of Topliss-reactive ketones (excluding diaryl/α,β-unsaturated/α-hetero) is 1. The number of ether oxygens (including phenoxy) is 7. The second-order valence-corrected chi connectivity index (χ2v) is 18.8. The quantitative estimate of drug-likeness (QED) is 0.146. The molecule has 2 heterocycles. The van der Waals surface area contributed by atoms with Crippen molar-refractivity contribution < 1.29 is 77.2 Å². The highest BCUT2D eigenvalue weighted by atomic mass is 32.1. The number of nitrogens with one attached hydrogen (secondary N) is 1. The monoisotopic (exact) mass is 885 g/mol. The van der Waals surface area contributed by atoms with Crippen molar-refractivity contribution in [2.75, 3.05) is 13.2 Å². The summed E-state index contributed by atoms with van der Waals surface area (Å²) in [5.74, 6) is -5.54. The van der Waals surface area contributed by atoms with E-state index in [9.17, 15) is 39.3 Å². The number of aliphatic hydroxyl groups is 3. The Balaban J connectivity index is 1.55. The van der Waals surface area contributed by atoms with E-state index >= 15 is 4.79 Å². The van der Waals surface area contributed by atoms with Gasteiger partial charge < -0.3 is 53.8 Å². The molecule has 1 aromatic carbocycles. The lowest BCUT2D eigenvalue weighted by molar-refractivity contribution is -0.346. The smallest absolute Gasteiger partial charge is 0.456 e. The minimum absolute atomic E-state index is 0.0534. The number of rotatable bonds is 10. The van der Waals surface area contributed by atoms with Gasteiger partial charge in [-0.2, -0.15) is 11.3 Å². The average Bonchev–Trinajstić information content (AvgIpc) is 3.72. The Kier molecular flexibility index (Phi) is 12.8. The Bertz CT molecular complexity index is 2100. The van der Waals surface area contributed by atoms with Crippen molar-refractivity contribution in [3.05, 3.63) is 69.4 Å². The van der Waals surface area contributed by atoms with Crippen LogP contribution >= 0.6 is 11.3 Å². The fourth-order valence-corrected chi connectivity index (χ4v) is 10.4. The van der Waals surface area contributed by atoms with E-state index in [1.54, 1.807) is 55.8 Å². The number of ketones is 1. The largest absolute Gasteiger partial charge is 0.509 e. The number of aliphatic hydroxyl groups excluding tert-OH is 2. The summed E-state index contributed by atoms with van der Waals surface area (Å²) in [6.07, 6.45) is -13.1. The molecule has 2 aromatic rings. The number of thiophene rings is 1. The first-order valence-electron chi connectivity index (χ1n) is 20.4.